The summed E-state index contributed by atoms with van der Waals surface area (Å²) in [6, 6.07) is 0.106. The van der Waals surface area contributed by atoms with Gasteiger partial charge in [0.25, 0.3) is 0 Å². The van der Waals surface area contributed by atoms with E-state index in [1.807, 2.05) is 39.5 Å². The Morgan fingerprint density at radius 1 is 1.22 bits per heavy atom. The third kappa shape index (κ3) is 5.94. The van der Waals surface area contributed by atoms with Crippen LogP contribution < -0.4 is 16.4 Å². The van der Waals surface area contributed by atoms with E-state index in [-0.39, 0.29) is 23.0 Å². The van der Waals surface area contributed by atoms with Crippen LogP contribution in [-0.2, 0) is 9.59 Å². The number of hydrogen-bond donors (Lipinski definition) is 3. The second-order valence-electron chi connectivity index (χ2n) is 9.05. The van der Waals surface area contributed by atoms with Gasteiger partial charge in [0.1, 0.15) is 5.78 Å². The van der Waals surface area contributed by atoms with Crippen LogP contribution in [-0.4, -0.2) is 67.2 Å². The van der Waals surface area contributed by atoms with Gasteiger partial charge in [-0.25, -0.2) is 0 Å². The Balaban J connectivity index is 1.74. The highest BCUT2D eigenvalue weighted by Gasteiger charge is 2.34. The lowest BCUT2D eigenvalue weighted by Gasteiger charge is -2.29. The molecule has 4 N–H and O–H groups in total. The van der Waals surface area contributed by atoms with E-state index in [9.17, 15) is 9.59 Å². The van der Waals surface area contributed by atoms with E-state index < -0.39 is 5.41 Å². The number of guanidine groups is 2. The number of nitrogens with zero attached hydrogens (tertiary/aromatic N) is 3. The first-order chi connectivity index (χ1) is 12.5. The van der Waals surface area contributed by atoms with Crippen LogP contribution in [0.3, 0.4) is 0 Å². The zero-order valence-corrected chi connectivity index (χ0v) is 17.3. The monoisotopic (exact) mass is 378 g/mol. The summed E-state index contributed by atoms with van der Waals surface area (Å²) in [7, 11) is 0. The normalized spacial score (nSPS) is 20.2. The molecule has 8 nitrogen and oxygen atoms in total. The summed E-state index contributed by atoms with van der Waals surface area (Å²) >= 11 is 0. The fourth-order valence-electron chi connectivity index (χ4n) is 3.16. The molecule has 2 heterocycles. The van der Waals surface area contributed by atoms with Crippen molar-refractivity contribution >= 4 is 23.5 Å². The Hall–Kier alpha value is -2.12. The molecule has 0 radical (unpaired) electrons. The molecule has 2 aliphatic rings. The predicted octanol–water partition coefficient (Wildman–Crippen LogP) is 0.525. The average molecular weight is 379 g/mol. The smallest absolute Gasteiger partial charge is 0.191 e. The van der Waals surface area contributed by atoms with Gasteiger partial charge in [-0.05, 0) is 6.42 Å². The van der Waals surface area contributed by atoms with Crippen LogP contribution in [0.15, 0.2) is 9.98 Å². The van der Waals surface area contributed by atoms with Gasteiger partial charge < -0.3 is 21.3 Å². The standard InChI is InChI=1S/C19H34N6O2/c1-18(2,3)14(26)6-7-22-17-23-11-13(24-17)10-19(4,5)15(27)12-25-9-8-21-16(25)20/h13H,6-12H2,1-5H3,(H2,20,21)(H2,22,23,24). The number of carbonyl (C=O) groups excluding carboxylic acids is 2. The summed E-state index contributed by atoms with van der Waals surface area (Å²) in [5.74, 6) is 1.54. The molecular formula is C19H34N6O2. The second kappa shape index (κ2) is 8.27. The third-order valence-corrected chi connectivity index (χ3v) is 5.11. The maximum atomic E-state index is 12.7. The van der Waals surface area contributed by atoms with E-state index in [2.05, 4.69) is 20.6 Å². The lowest BCUT2D eigenvalue weighted by Crippen LogP contribution is -2.46. The lowest BCUT2D eigenvalue weighted by atomic mass is 9.81. The highest BCUT2D eigenvalue weighted by Crippen LogP contribution is 2.25. The zero-order chi connectivity index (χ0) is 20.2. The Bertz CT molecular complexity index is 633. The van der Waals surface area contributed by atoms with Crippen LogP contribution in [0.25, 0.3) is 0 Å². The molecule has 27 heavy (non-hydrogen) atoms. The highest BCUT2D eigenvalue weighted by molar-refractivity contribution is 5.91. The number of rotatable bonds is 8. The fourth-order valence-corrected chi connectivity index (χ4v) is 3.16. The number of nitrogens with two attached hydrogens (primary N) is 1. The van der Waals surface area contributed by atoms with E-state index in [1.54, 1.807) is 0 Å². The number of ketones is 2. The summed E-state index contributed by atoms with van der Waals surface area (Å²) in [5, 5.41) is 6.52. The lowest BCUT2D eigenvalue weighted by molar-refractivity contribution is -0.128. The van der Waals surface area contributed by atoms with E-state index in [4.69, 9.17) is 5.73 Å². The fraction of sp³-hybridized carbons (Fsp3) is 0.789. The van der Waals surface area contributed by atoms with Crippen molar-refractivity contribution in [2.75, 3.05) is 32.7 Å². The molecule has 0 amide bonds. The summed E-state index contributed by atoms with van der Waals surface area (Å²) in [4.78, 5) is 35.1. The van der Waals surface area contributed by atoms with E-state index in [0.717, 1.165) is 0 Å². The van der Waals surface area contributed by atoms with Crippen LogP contribution in [0.5, 0.6) is 0 Å². The molecule has 0 spiro atoms. The molecular weight excluding hydrogens is 344 g/mol. The summed E-state index contributed by atoms with van der Waals surface area (Å²) in [5.41, 5.74) is 5.01. The molecule has 2 rings (SSSR count). The number of hydrogen-bond acceptors (Lipinski definition) is 8. The summed E-state index contributed by atoms with van der Waals surface area (Å²) in [6.45, 7) is 12.6. The topological polar surface area (TPSA) is 112 Å². The predicted molar refractivity (Wildman–Crippen MR) is 108 cm³/mol. The number of nitrogens with one attached hydrogen (secondary N) is 2. The Kier molecular flexibility index (Phi) is 6.49. The highest BCUT2D eigenvalue weighted by atomic mass is 16.1. The van der Waals surface area contributed by atoms with Gasteiger partial charge in [-0.2, -0.15) is 0 Å². The molecule has 1 atom stereocenters. The molecule has 0 aromatic carbocycles. The number of carbonyl (C=O) groups is 2. The molecule has 8 heteroatoms. The third-order valence-electron chi connectivity index (χ3n) is 5.11. The molecule has 0 bridgehead atoms. The van der Waals surface area contributed by atoms with Crippen LogP contribution in [0.2, 0.25) is 0 Å². The van der Waals surface area contributed by atoms with Crippen molar-refractivity contribution in [1.82, 2.24) is 15.5 Å². The molecule has 152 valence electrons. The SMILES string of the molecule is CC(C)(C)C(=O)CCNC1=NCC(CC(C)(C)C(=O)CN2CCN=C2N)N1. The maximum Gasteiger partial charge on any atom is 0.191 e. The van der Waals surface area contributed by atoms with Crippen LogP contribution in [0.4, 0.5) is 0 Å². The Morgan fingerprint density at radius 2 is 1.93 bits per heavy atom. The molecule has 0 fully saturated rings. The van der Waals surface area contributed by atoms with E-state index in [0.29, 0.717) is 57.5 Å². The zero-order valence-electron chi connectivity index (χ0n) is 17.3. The number of aliphatic imine (C=N–C) groups is 2. The van der Waals surface area contributed by atoms with Gasteiger partial charge in [0.2, 0.25) is 0 Å². The summed E-state index contributed by atoms with van der Waals surface area (Å²) < 4.78 is 0. The minimum atomic E-state index is -0.478. The van der Waals surface area contributed by atoms with Crippen molar-refractivity contribution in [2.45, 2.75) is 53.5 Å². The molecule has 0 aromatic rings. The number of Topliss-reactive ketones (excluding diaryl/α,β-unsaturated/α-hetero) is 2. The van der Waals surface area contributed by atoms with Gasteiger partial charge in [-0.3, -0.25) is 19.6 Å². The average Bonchev–Trinajstić information content (AvgIpc) is 3.15. The summed E-state index contributed by atoms with van der Waals surface area (Å²) in [6.07, 6.45) is 1.16. The van der Waals surface area contributed by atoms with Gasteiger partial charge in [0.05, 0.1) is 19.6 Å². The van der Waals surface area contributed by atoms with Crippen molar-refractivity contribution in [3.8, 4) is 0 Å². The van der Waals surface area contributed by atoms with E-state index >= 15 is 0 Å². The second-order valence-corrected chi connectivity index (χ2v) is 9.05. The van der Waals surface area contributed by atoms with Gasteiger partial charge in [-0.15, -0.1) is 0 Å². The molecule has 2 aliphatic heterocycles. The molecule has 0 aliphatic carbocycles. The largest absolute Gasteiger partial charge is 0.370 e. The van der Waals surface area contributed by atoms with Crippen molar-refractivity contribution in [3.63, 3.8) is 0 Å². The van der Waals surface area contributed by atoms with Gasteiger partial charge in [0, 0.05) is 36.4 Å². The van der Waals surface area contributed by atoms with Gasteiger partial charge in [-0.1, -0.05) is 34.6 Å². The molecule has 0 aromatic heterocycles. The Morgan fingerprint density at radius 3 is 2.52 bits per heavy atom. The minimum Gasteiger partial charge on any atom is -0.370 e. The molecule has 0 saturated carbocycles. The van der Waals surface area contributed by atoms with Crippen LogP contribution >= 0.6 is 0 Å². The van der Waals surface area contributed by atoms with Crippen molar-refractivity contribution in [2.24, 2.45) is 26.5 Å². The van der Waals surface area contributed by atoms with Crippen molar-refractivity contribution < 1.29 is 9.59 Å². The Labute approximate surface area is 162 Å². The quantitative estimate of drug-likeness (QED) is 0.568. The van der Waals surface area contributed by atoms with Crippen molar-refractivity contribution in [3.05, 3.63) is 0 Å². The van der Waals surface area contributed by atoms with Gasteiger partial charge in [0.15, 0.2) is 17.7 Å². The van der Waals surface area contributed by atoms with Crippen molar-refractivity contribution in [1.29, 1.82) is 0 Å². The first-order valence-electron chi connectivity index (χ1n) is 9.65. The first kappa shape index (κ1) is 21.2. The van der Waals surface area contributed by atoms with Crippen LogP contribution in [0.1, 0.15) is 47.5 Å². The van der Waals surface area contributed by atoms with Gasteiger partial charge >= 0.3 is 0 Å². The first-order valence-corrected chi connectivity index (χ1v) is 9.65. The maximum absolute atomic E-state index is 12.7. The minimum absolute atomic E-state index is 0.106. The van der Waals surface area contributed by atoms with E-state index in [1.165, 1.54) is 0 Å². The van der Waals surface area contributed by atoms with Crippen LogP contribution in [0, 0.1) is 10.8 Å². The molecule has 1 unspecified atom stereocenters. The molecule has 0 saturated heterocycles.